The monoisotopic (exact) mass is 210 g/mol. The summed E-state index contributed by atoms with van der Waals surface area (Å²) in [5.41, 5.74) is -0.572. The van der Waals surface area contributed by atoms with E-state index in [1.165, 1.54) is 12.1 Å². The first kappa shape index (κ1) is 9.83. The molecule has 0 aromatic heterocycles. The lowest BCUT2D eigenvalue weighted by molar-refractivity contribution is 0.0635. The molecule has 0 saturated carbocycles. The predicted molar refractivity (Wildman–Crippen MR) is 58.0 cm³/mol. The third-order valence-corrected chi connectivity index (χ3v) is 1.49. The van der Waals surface area contributed by atoms with E-state index >= 15 is 0 Å². The zero-order chi connectivity index (χ0) is 12.3. The summed E-state index contributed by atoms with van der Waals surface area (Å²) in [6, 6.07) is 6.11. The predicted octanol–water partition coefficient (Wildman–Crippen LogP) is 2.74. The quantitative estimate of drug-likeness (QED) is 0.701. The Morgan fingerprint density at radius 2 is 2.07 bits per heavy atom. The summed E-state index contributed by atoms with van der Waals surface area (Å²) in [4.78, 5) is 11.5. The minimum atomic E-state index is -0.825. The summed E-state index contributed by atoms with van der Waals surface area (Å²) >= 11 is 0. The van der Waals surface area contributed by atoms with Gasteiger partial charge in [-0.05, 0) is 32.9 Å². The normalized spacial score (nSPS) is 11.8. The molecule has 0 saturated heterocycles. The minimum absolute atomic E-state index is 0.0942. The Labute approximate surface area is 90.3 Å². The van der Waals surface area contributed by atoms with Crippen LogP contribution < -0.4 is 5.31 Å². The highest BCUT2D eigenvalue weighted by molar-refractivity contribution is 5.86. The topological polar surface area (TPSA) is 58.6 Å². The first-order valence-corrected chi connectivity index (χ1v) is 4.61. The van der Waals surface area contributed by atoms with Crippen molar-refractivity contribution in [3.05, 3.63) is 24.3 Å². The molecule has 0 aliphatic rings. The molecule has 4 nitrogen and oxygen atoms in total. The van der Waals surface area contributed by atoms with E-state index in [9.17, 15) is 9.90 Å². The third kappa shape index (κ3) is 3.89. The number of ether oxygens (including phenoxy) is 1. The average molecular weight is 210 g/mol. The van der Waals surface area contributed by atoms with Crippen molar-refractivity contribution < 1.29 is 16.0 Å². The molecule has 0 aliphatic heterocycles. The summed E-state index contributed by atoms with van der Waals surface area (Å²) in [6.45, 7) is 5.14. The number of aromatic hydroxyl groups is 1. The van der Waals surface area contributed by atoms with Crippen molar-refractivity contribution in [2.75, 3.05) is 5.31 Å². The van der Waals surface area contributed by atoms with Crippen molar-refractivity contribution in [1.29, 1.82) is 0 Å². The van der Waals surface area contributed by atoms with Gasteiger partial charge in [-0.1, -0.05) is 12.1 Å². The van der Waals surface area contributed by atoms with Crippen LogP contribution in [0.4, 0.5) is 10.5 Å². The third-order valence-electron chi connectivity index (χ3n) is 1.49. The van der Waals surface area contributed by atoms with Crippen molar-refractivity contribution >= 4 is 11.8 Å². The van der Waals surface area contributed by atoms with Gasteiger partial charge >= 0.3 is 6.09 Å². The number of phenolic OH excluding ortho intramolecular Hbond substituents is 1. The van der Waals surface area contributed by atoms with Crippen molar-refractivity contribution in [1.82, 2.24) is 0 Å². The standard InChI is InChI=1S/C11H15NO3/c1-11(2,3)15-10(14)12-8-6-4-5-7-9(8)13/h4-7,13H,1-3H3,(H,12,14)/i/hD. The Bertz CT molecular complexity index is 387. The van der Waals surface area contributed by atoms with Gasteiger partial charge in [0.25, 0.3) is 0 Å². The van der Waals surface area contributed by atoms with Crippen molar-refractivity contribution in [3.8, 4) is 5.75 Å². The molecule has 0 spiro atoms. The molecule has 0 aliphatic carbocycles. The number of carbonyl (C=O) groups is 1. The minimum Gasteiger partial charge on any atom is -0.506 e. The van der Waals surface area contributed by atoms with E-state index in [-0.39, 0.29) is 11.4 Å². The van der Waals surface area contributed by atoms with E-state index in [1.54, 1.807) is 32.9 Å². The van der Waals surface area contributed by atoms with Crippen LogP contribution in [0, 0.1) is 0 Å². The maximum atomic E-state index is 11.5. The van der Waals surface area contributed by atoms with Crippen LogP contribution in [0.15, 0.2) is 24.3 Å². The van der Waals surface area contributed by atoms with Crippen molar-refractivity contribution in [2.45, 2.75) is 26.4 Å². The molecule has 2 N–H and O–H groups in total. The number of para-hydroxylation sites is 2. The maximum Gasteiger partial charge on any atom is 0.412 e. The molecule has 0 atom stereocenters. The SMILES string of the molecule is [2H]N(C(=O)OC(C)(C)C)c1ccccc1O. The van der Waals surface area contributed by atoms with Gasteiger partial charge in [0.15, 0.2) is 1.41 Å². The van der Waals surface area contributed by atoms with Gasteiger partial charge in [0, 0.05) is 0 Å². The van der Waals surface area contributed by atoms with E-state index in [1.807, 2.05) is 0 Å². The fourth-order valence-corrected chi connectivity index (χ4v) is 0.942. The molecule has 0 heterocycles. The average Bonchev–Trinajstić information content (AvgIpc) is 2.15. The van der Waals surface area contributed by atoms with E-state index < -0.39 is 11.7 Å². The number of carbonyl (C=O) groups excluding carboxylic acids is 1. The lowest BCUT2D eigenvalue weighted by Gasteiger charge is -2.19. The van der Waals surface area contributed by atoms with Crippen LogP contribution in [-0.2, 0) is 4.74 Å². The van der Waals surface area contributed by atoms with E-state index in [2.05, 4.69) is 0 Å². The van der Waals surface area contributed by atoms with Crippen molar-refractivity contribution in [2.24, 2.45) is 0 Å². The number of hydrogen-bond acceptors (Lipinski definition) is 3. The molecule has 15 heavy (non-hydrogen) atoms. The fourth-order valence-electron chi connectivity index (χ4n) is 0.942. The zero-order valence-corrected chi connectivity index (χ0v) is 9.02. The first-order valence-electron chi connectivity index (χ1n) is 5.06. The molecule has 4 heteroatoms. The summed E-state index contributed by atoms with van der Waals surface area (Å²) in [7, 11) is 0. The van der Waals surface area contributed by atoms with Crippen LogP contribution in [0.5, 0.6) is 5.75 Å². The van der Waals surface area contributed by atoms with Gasteiger partial charge in [0.05, 0.1) is 5.69 Å². The largest absolute Gasteiger partial charge is 0.506 e. The van der Waals surface area contributed by atoms with Crippen molar-refractivity contribution in [3.63, 3.8) is 0 Å². The number of amides is 1. The smallest absolute Gasteiger partial charge is 0.412 e. The first-order chi connectivity index (χ1) is 7.31. The van der Waals surface area contributed by atoms with Gasteiger partial charge in [0.1, 0.15) is 11.4 Å². The lowest BCUT2D eigenvalue weighted by atomic mass is 10.2. The summed E-state index contributed by atoms with van der Waals surface area (Å²) in [5, 5.41) is 9.99. The Balaban J connectivity index is 2.83. The van der Waals surface area contributed by atoms with Crippen LogP contribution in [-0.4, -0.2) is 16.8 Å². The molecule has 0 unspecified atom stereocenters. The Morgan fingerprint density at radius 3 is 2.60 bits per heavy atom. The summed E-state index contributed by atoms with van der Waals surface area (Å²) < 4.78 is 12.5. The summed E-state index contributed by atoms with van der Waals surface area (Å²) in [5.74, 6) is -0.136. The van der Waals surface area contributed by atoms with Crippen LogP contribution in [0.2, 0.25) is 1.41 Å². The number of rotatable bonds is 1. The lowest BCUT2D eigenvalue weighted by Crippen LogP contribution is -2.27. The van der Waals surface area contributed by atoms with Crippen LogP contribution in [0.1, 0.15) is 20.8 Å². The second-order valence-corrected chi connectivity index (χ2v) is 4.08. The summed E-state index contributed by atoms with van der Waals surface area (Å²) in [6.07, 6.45) is -0.825. The Morgan fingerprint density at radius 1 is 1.47 bits per heavy atom. The van der Waals surface area contributed by atoms with Crippen LogP contribution in [0.3, 0.4) is 0 Å². The highest BCUT2D eigenvalue weighted by Gasteiger charge is 2.16. The molecular formula is C11H15NO3. The Hall–Kier alpha value is -1.71. The zero-order valence-electron chi connectivity index (χ0n) is 10.0. The van der Waals surface area contributed by atoms with Gasteiger partial charge < -0.3 is 9.84 Å². The molecule has 82 valence electrons. The molecule has 0 radical (unpaired) electrons. The van der Waals surface area contributed by atoms with Crippen LogP contribution in [0.25, 0.3) is 0 Å². The van der Waals surface area contributed by atoms with Crippen LogP contribution >= 0.6 is 0 Å². The number of benzene rings is 1. The Kier molecular flexibility index (Phi) is 2.76. The number of phenols is 1. The van der Waals surface area contributed by atoms with Gasteiger partial charge in [-0.25, -0.2) is 4.79 Å². The number of nitrogens with one attached hydrogen (secondary N) is 1. The molecule has 1 amide bonds. The van der Waals surface area contributed by atoms with Gasteiger partial charge in [-0.15, -0.1) is 0 Å². The molecule has 1 aromatic rings. The second-order valence-electron chi connectivity index (χ2n) is 4.08. The fraction of sp³-hybridized carbons (Fsp3) is 0.364. The molecule has 1 aromatic carbocycles. The van der Waals surface area contributed by atoms with E-state index in [0.717, 1.165) is 0 Å². The number of anilines is 1. The molecule has 1 rings (SSSR count). The number of hydrogen-bond donors (Lipinski definition) is 2. The van der Waals surface area contributed by atoms with Gasteiger partial charge in [0.2, 0.25) is 0 Å². The molecular weight excluding hydrogens is 194 g/mol. The second kappa shape index (κ2) is 4.21. The highest BCUT2D eigenvalue weighted by atomic mass is 16.6. The highest BCUT2D eigenvalue weighted by Crippen LogP contribution is 2.22. The van der Waals surface area contributed by atoms with Gasteiger partial charge in [-0.2, -0.15) is 0 Å². The van der Waals surface area contributed by atoms with Gasteiger partial charge in [-0.3, -0.25) is 5.31 Å². The van der Waals surface area contributed by atoms with E-state index in [4.69, 9.17) is 6.15 Å². The molecule has 0 fully saturated rings. The molecule has 0 bridgehead atoms. The van der Waals surface area contributed by atoms with E-state index in [0.29, 0.717) is 5.31 Å². The maximum absolute atomic E-state index is 11.5.